The predicted molar refractivity (Wildman–Crippen MR) is 130 cm³/mol. The number of hydrogen-bond acceptors (Lipinski definition) is 4. The average Bonchev–Trinajstić information content (AvgIpc) is 3.43. The monoisotopic (exact) mass is 459 g/mol. The molecule has 1 aliphatic heterocycles. The molecule has 1 N–H and O–H groups in total. The van der Waals surface area contributed by atoms with E-state index >= 15 is 0 Å². The number of hydrogen-bond donors (Lipinski definition) is 1. The summed E-state index contributed by atoms with van der Waals surface area (Å²) in [4.78, 5) is 42.3. The molecule has 1 aliphatic rings. The first-order valence-electron chi connectivity index (χ1n) is 11.7. The van der Waals surface area contributed by atoms with Crippen molar-refractivity contribution < 1.29 is 18.8 Å². The number of carbonyl (C=O) groups is 3. The van der Waals surface area contributed by atoms with Crippen LogP contribution in [0.1, 0.15) is 57.5 Å². The first kappa shape index (κ1) is 23.3. The van der Waals surface area contributed by atoms with Crippen molar-refractivity contribution >= 4 is 23.4 Å². The summed E-state index contributed by atoms with van der Waals surface area (Å²) in [5.41, 5.74) is 1.75. The fourth-order valence-electron chi connectivity index (χ4n) is 4.33. The number of anilines is 1. The lowest BCUT2D eigenvalue weighted by Crippen LogP contribution is -2.49. The maximum absolute atomic E-state index is 13.5. The number of likely N-dealkylation sites (tertiary alicyclic amines) is 1. The summed E-state index contributed by atoms with van der Waals surface area (Å²) in [6, 6.07) is 19.6. The van der Waals surface area contributed by atoms with Gasteiger partial charge in [0, 0.05) is 42.5 Å². The summed E-state index contributed by atoms with van der Waals surface area (Å²) in [5, 5.41) is 2.78. The van der Waals surface area contributed by atoms with Crippen LogP contribution in [0.5, 0.6) is 0 Å². The minimum Gasteiger partial charge on any atom is -0.459 e. The van der Waals surface area contributed by atoms with E-state index in [1.807, 2.05) is 47.1 Å². The molecular weight excluding hydrogens is 430 g/mol. The van der Waals surface area contributed by atoms with Gasteiger partial charge in [-0.25, -0.2) is 0 Å². The van der Waals surface area contributed by atoms with Crippen LogP contribution in [0.4, 0.5) is 5.69 Å². The Balaban J connectivity index is 1.42. The summed E-state index contributed by atoms with van der Waals surface area (Å²) in [6.07, 6.45) is 3.75. The van der Waals surface area contributed by atoms with Gasteiger partial charge in [0.2, 0.25) is 0 Å². The molecule has 1 aromatic heterocycles. The molecule has 34 heavy (non-hydrogen) atoms. The van der Waals surface area contributed by atoms with Crippen LogP contribution in [-0.4, -0.2) is 53.2 Å². The van der Waals surface area contributed by atoms with Crippen molar-refractivity contribution in [2.45, 2.75) is 32.2 Å². The highest BCUT2D eigenvalue weighted by Gasteiger charge is 2.30. The van der Waals surface area contributed by atoms with Crippen molar-refractivity contribution in [3.63, 3.8) is 0 Å². The van der Waals surface area contributed by atoms with Crippen LogP contribution < -0.4 is 5.32 Å². The third kappa shape index (κ3) is 5.36. The van der Waals surface area contributed by atoms with Crippen molar-refractivity contribution in [3.05, 3.63) is 89.9 Å². The Labute approximate surface area is 199 Å². The molecule has 2 aromatic carbocycles. The van der Waals surface area contributed by atoms with Gasteiger partial charge < -0.3 is 19.5 Å². The molecule has 7 heteroatoms. The first-order chi connectivity index (χ1) is 16.6. The lowest BCUT2D eigenvalue weighted by atomic mass is 10.0. The molecule has 0 saturated carbocycles. The maximum Gasteiger partial charge on any atom is 0.291 e. The van der Waals surface area contributed by atoms with E-state index in [4.69, 9.17) is 4.42 Å². The maximum atomic E-state index is 13.5. The van der Waals surface area contributed by atoms with Crippen LogP contribution in [-0.2, 0) is 0 Å². The van der Waals surface area contributed by atoms with Gasteiger partial charge in [-0.05, 0) is 61.7 Å². The van der Waals surface area contributed by atoms with Crippen LogP contribution in [0.2, 0.25) is 0 Å². The molecular formula is C27H29N3O4. The molecule has 0 atom stereocenters. The number of rotatable bonds is 7. The lowest BCUT2D eigenvalue weighted by Gasteiger charge is -2.38. The van der Waals surface area contributed by atoms with Crippen molar-refractivity contribution in [3.8, 4) is 0 Å². The van der Waals surface area contributed by atoms with Crippen LogP contribution in [0, 0.1) is 0 Å². The molecule has 0 radical (unpaired) electrons. The Morgan fingerprint density at radius 2 is 1.71 bits per heavy atom. The normalized spacial score (nSPS) is 14.0. The van der Waals surface area contributed by atoms with Gasteiger partial charge in [0.1, 0.15) is 0 Å². The molecule has 1 fully saturated rings. The number of furan rings is 1. The molecule has 4 rings (SSSR count). The molecule has 7 nitrogen and oxygen atoms in total. The Bertz CT molecular complexity index is 1120. The molecule has 0 bridgehead atoms. The van der Waals surface area contributed by atoms with Gasteiger partial charge in [-0.15, -0.1) is 0 Å². The Kier molecular flexibility index (Phi) is 7.42. The fraction of sp³-hybridized carbons (Fsp3) is 0.296. The van der Waals surface area contributed by atoms with Crippen LogP contribution >= 0.6 is 0 Å². The van der Waals surface area contributed by atoms with E-state index in [1.165, 1.54) is 6.26 Å². The number of amides is 3. The van der Waals surface area contributed by atoms with Gasteiger partial charge in [0.15, 0.2) is 5.76 Å². The first-order valence-corrected chi connectivity index (χ1v) is 11.7. The number of nitrogens with zero attached hydrogens (tertiary/aromatic N) is 2. The van der Waals surface area contributed by atoms with Gasteiger partial charge in [0.25, 0.3) is 17.7 Å². The van der Waals surface area contributed by atoms with E-state index in [1.54, 1.807) is 36.4 Å². The standard InChI is InChI=1S/C27H29N3O4/c1-2-15-30(23-13-16-29(17-14-23)26(32)20-8-4-3-5-9-20)27(33)21-10-6-11-22(19-21)28-25(31)24-12-7-18-34-24/h3-12,18-19,23H,2,13-17H2,1H3,(H,28,31). The highest BCUT2D eigenvalue weighted by Crippen LogP contribution is 2.22. The van der Waals surface area contributed by atoms with E-state index in [2.05, 4.69) is 5.32 Å². The zero-order valence-electron chi connectivity index (χ0n) is 19.3. The molecule has 176 valence electrons. The van der Waals surface area contributed by atoms with Crippen LogP contribution in [0.25, 0.3) is 0 Å². The second-order valence-corrected chi connectivity index (χ2v) is 8.40. The van der Waals surface area contributed by atoms with Crippen molar-refractivity contribution in [2.75, 3.05) is 25.0 Å². The molecule has 0 spiro atoms. The van der Waals surface area contributed by atoms with Crippen molar-refractivity contribution in [2.24, 2.45) is 0 Å². The predicted octanol–water partition coefficient (Wildman–Crippen LogP) is 4.69. The minimum atomic E-state index is -0.365. The second-order valence-electron chi connectivity index (χ2n) is 8.40. The quantitative estimate of drug-likeness (QED) is 0.556. The summed E-state index contributed by atoms with van der Waals surface area (Å²) in [6.45, 7) is 3.92. The van der Waals surface area contributed by atoms with E-state index in [0.29, 0.717) is 36.4 Å². The van der Waals surface area contributed by atoms with Gasteiger partial charge in [-0.2, -0.15) is 0 Å². The van der Waals surface area contributed by atoms with Crippen molar-refractivity contribution in [1.82, 2.24) is 9.80 Å². The lowest BCUT2D eigenvalue weighted by molar-refractivity contribution is 0.0519. The molecule has 0 aliphatic carbocycles. The van der Waals surface area contributed by atoms with E-state index in [-0.39, 0.29) is 29.5 Å². The Hall–Kier alpha value is -3.87. The van der Waals surface area contributed by atoms with Gasteiger partial charge in [-0.3, -0.25) is 14.4 Å². The van der Waals surface area contributed by atoms with Crippen molar-refractivity contribution in [1.29, 1.82) is 0 Å². The zero-order chi connectivity index (χ0) is 23.9. The van der Waals surface area contributed by atoms with E-state index in [9.17, 15) is 14.4 Å². The molecule has 3 aromatic rings. The average molecular weight is 460 g/mol. The zero-order valence-corrected chi connectivity index (χ0v) is 19.3. The smallest absolute Gasteiger partial charge is 0.291 e. The summed E-state index contributed by atoms with van der Waals surface area (Å²) in [5.74, 6) is -0.187. The Morgan fingerprint density at radius 1 is 0.971 bits per heavy atom. The molecule has 0 unspecified atom stereocenters. The van der Waals surface area contributed by atoms with E-state index in [0.717, 1.165) is 19.3 Å². The number of carbonyl (C=O) groups excluding carboxylic acids is 3. The summed E-state index contributed by atoms with van der Waals surface area (Å²) < 4.78 is 5.13. The second kappa shape index (κ2) is 10.8. The van der Waals surface area contributed by atoms with Gasteiger partial charge >= 0.3 is 0 Å². The van der Waals surface area contributed by atoms with E-state index < -0.39 is 0 Å². The molecule has 3 amide bonds. The Morgan fingerprint density at radius 3 is 2.38 bits per heavy atom. The van der Waals surface area contributed by atoms with Crippen LogP contribution in [0.15, 0.2) is 77.4 Å². The third-order valence-corrected chi connectivity index (χ3v) is 6.05. The number of nitrogens with one attached hydrogen (secondary N) is 1. The summed E-state index contributed by atoms with van der Waals surface area (Å²) >= 11 is 0. The highest BCUT2D eigenvalue weighted by atomic mass is 16.3. The topological polar surface area (TPSA) is 82.9 Å². The summed E-state index contributed by atoms with van der Waals surface area (Å²) in [7, 11) is 0. The van der Waals surface area contributed by atoms with Gasteiger partial charge in [-0.1, -0.05) is 31.2 Å². The third-order valence-electron chi connectivity index (χ3n) is 6.05. The number of piperidine rings is 1. The van der Waals surface area contributed by atoms with Gasteiger partial charge in [0.05, 0.1) is 6.26 Å². The molecule has 1 saturated heterocycles. The largest absolute Gasteiger partial charge is 0.459 e. The SMILES string of the molecule is CCCN(C(=O)c1cccc(NC(=O)c2ccco2)c1)C1CCN(C(=O)c2ccccc2)CC1. The fourth-order valence-corrected chi connectivity index (χ4v) is 4.33. The van der Waals surface area contributed by atoms with Crippen LogP contribution in [0.3, 0.4) is 0 Å². The molecule has 2 heterocycles. The highest BCUT2D eigenvalue weighted by molar-refractivity contribution is 6.03. The number of benzene rings is 2. The minimum absolute atomic E-state index is 0.0346.